The molecule has 7 heteroatoms. The van der Waals surface area contributed by atoms with Crippen LogP contribution in [0.3, 0.4) is 0 Å². The summed E-state index contributed by atoms with van der Waals surface area (Å²) in [7, 11) is 0. The van der Waals surface area contributed by atoms with Gasteiger partial charge in [-0.25, -0.2) is 14.4 Å². The van der Waals surface area contributed by atoms with Crippen molar-refractivity contribution in [3.8, 4) is 0 Å². The number of amides is 2. The summed E-state index contributed by atoms with van der Waals surface area (Å²) in [6.07, 6.45) is -0.952. The summed E-state index contributed by atoms with van der Waals surface area (Å²) in [5, 5.41) is 1.65. The van der Waals surface area contributed by atoms with Crippen molar-refractivity contribution >= 4 is 39.1 Å². The molecule has 150 valence electrons. The molecule has 5 rings (SSSR count). The zero-order chi connectivity index (χ0) is 20.8. The second-order valence-electron chi connectivity index (χ2n) is 7.20. The molecule has 0 saturated carbocycles. The topological polar surface area (TPSA) is 49.9 Å². The molecule has 0 N–H and O–H groups in total. The normalized spacial score (nSPS) is 23.2. The van der Waals surface area contributed by atoms with E-state index in [1.807, 2.05) is 54.6 Å². The van der Waals surface area contributed by atoms with Crippen molar-refractivity contribution in [2.24, 2.45) is 5.92 Å². The molecule has 2 fully saturated rings. The zero-order valence-corrected chi connectivity index (χ0v) is 17.2. The highest BCUT2D eigenvalue weighted by Crippen LogP contribution is 2.47. The molecule has 0 spiro atoms. The molecule has 30 heavy (non-hydrogen) atoms. The third-order valence-corrected chi connectivity index (χ3v) is 5.89. The predicted octanol–water partition coefficient (Wildman–Crippen LogP) is 4.64. The number of anilines is 2. The molecular formula is C23H16BrFN2O3. The Morgan fingerprint density at radius 1 is 0.833 bits per heavy atom. The fourth-order valence-corrected chi connectivity index (χ4v) is 4.50. The van der Waals surface area contributed by atoms with Crippen LogP contribution in [0.4, 0.5) is 15.8 Å². The van der Waals surface area contributed by atoms with Crippen LogP contribution in [0, 0.1) is 11.7 Å². The summed E-state index contributed by atoms with van der Waals surface area (Å²) < 4.78 is 14.2. The molecule has 3 aromatic rings. The van der Waals surface area contributed by atoms with Gasteiger partial charge in [0.15, 0.2) is 6.10 Å². The van der Waals surface area contributed by atoms with Gasteiger partial charge in [-0.3, -0.25) is 14.4 Å². The number of hydrogen-bond acceptors (Lipinski definition) is 4. The highest BCUT2D eigenvalue weighted by Gasteiger charge is 2.60. The molecule has 0 radical (unpaired) electrons. The SMILES string of the molecule is O=C1[C@H]2[C@@H](ON(c3ccccc3)[C@H]2c2cccc(Br)c2)C(=O)N1c1ccc(F)cc1. The molecular weight excluding hydrogens is 451 g/mol. The van der Waals surface area contributed by atoms with Gasteiger partial charge in [-0.05, 0) is 54.1 Å². The molecule has 0 aromatic heterocycles. The van der Waals surface area contributed by atoms with Gasteiger partial charge in [-0.1, -0.05) is 46.3 Å². The molecule has 2 amide bonds. The van der Waals surface area contributed by atoms with Gasteiger partial charge < -0.3 is 0 Å². The quantitative estimate of drug-likeness (QED) is 0.527. The Bertz CT molecular complexity index is 1120. The number of rotatable bonds is 3. The van der Waals surface area contributed by atoms with E-state index in [9.17, 15) is 14.0 Å². The number of hydrogen-bond donors (Lipinski definition) is 0. The lowest BCUT2D eigenvalue weighted by atomic mass is 9.90. The molecule has 0 aliphatic carbocycles. The van der Waals surface area contributed by atoms with Crippen molar-refractivity contribution < 1.29 is 18.8 Å². The van der Waals surface area contributed by atoms with Crippen LogP contribution in [0.5, 0.6) is 0 Å². The molecule has 3 aromatic carbocycles. The highest BCUT2D eigenvalue weighted by molar-refractivity contribution is 9.10. The van der Waals surface area contributed by atoms with E-state index in [4.69, 9.17) is 4.84 Å². The summed E-state index contributed by atoms with van der Waals surface area (Å²) >= 11 is 3.48. The van der Waals surface area contributed by atoms with Crippen LogP contribution < -0.4 is 9.96 Å². The summed E-state index contributed by atoms with van der Waals surface area (Å²) in [6.45, 7) is 0. The van der Waals surface area contributed by atoms with Gasteiger partial charge in [-0.2, -0.15) is 0 Å². The van der Waals surface area contributed by atoms with Gasteiger partial charge in [0, 0.05) is 4.47 Å². The van der Waals surface area contributed by atoms with Crippen LogP contribution in [-0.2, 0) is 14.4 Å². The van der Waals surface area contributed by atoms with Crippen molar-refractivity contribution in [2.45, 2.75) is 12.1 Å². The lowest BCUT2D eigenvalue weighted by molar-refractivity contribution is -0.126. The monoisotopic (exact) mass is 466 g/mol. The number of carbonyl (C=O) groups excluding carboxylic acids is 2. The van der Waals surface area contributed by atoms with Crippen LogP contribution >= 0.6 is 15.9 Å². The second-order valence-corrected chi connectivity index (χ2v) is 8.12. The molecule has 2 saturated heterocycles. The summed E-state index contributed by atoms with van der Waals surface area (Å²) in [5.74, 6) is -1.97. The predicted molar refractivity (Wildman–Crippen MR) is 113 cm³/mol. The summed E-state index contributed by atoms with van der Waals surface area (Å²) in [4.78, 5) is 33.7. The molecule has 0 bridgehead atoms. The second kappa shape index (κ2) is 7.34. The van der Waals surface area contributed by atoms with E-state index in [1.54, 1.807) is 5.06 Å². The van der Waals surface area contributed by atoms with Crippen molar-refractivity contribution in [2.75, 3.05) is 9.96 Å². The zero-order valence-electron chi connectivity index (χ0n) is 15.6. The molecule has 2 aliphatic rings. The minimum atomic E-state index is -0.952. The highest BCUT2D eigenvalue weighted by atomic mass is 79.9. The minimum Gasteiger partial charge on any atom is -0.273 e. The lowest BCUT2D eigenvalue weighted by Crippen LogP contribution is -2.37. The minimum absolute atomic E-state index is 0.337. The average molecular weight is 467 g/mol. The number of halogens is 2. The Morgan fingerprint density at radius 3 is 2.27 bits per heavy atom. The van der Waals surface area contributed by atoms with Gasteiger partial charge >= 0.3 is 0 Å². The smallest absolute Gasteiger partial charge is 0.266 e. The van der Waals surface area contributed by atoms with E-state index in [0.29, 0.717) is 5.69 Å². The van der Waals surface area contributed by atoms with Gasteiger partial charge in [0.25, 0.3) is 5.91 Å². The number of para-hydroxylation sites is 1. The maximum Gasteiger partial charge on any atom is 0.266 e. The number of fused-ring (bicyclic) bond motifs is 1. The standard InChI is InChI=1S/C23H16BrFN2O3/c24-15-6-4-5-14(13-15)20-19-21(30-27(20)18-7-2-1-3-8-18)23(29)26(22(19)28)17-11-9-16(25)10-12-17/h1-13,19-21H/t19-,20+,21-/m1/s1. The summed E-state index contributed by atoms with van der Waals surface area (Å²) in [5.41, 5.74) is 1.94. The van der Waals surface area contributed by atoms with Crippen molar-refractivity contribution in [1.82, 2.24) is 0 Å². The number of carbonyl (C=O) groups is 2. The fourth-order valence-electron chi connectivity index (χ4n) is 4.09. The van der Waals surface area contributed by atoms with E-state index in [0.717, 1.165) is 20.6 Å². The third kappa shape index (κ3) is 3.02. The first-order valence-electron chi connectivity index (χ1n) is 9.44. The van der Waals surface area contributed by atoms with Gasteiger partial charge in [0.1, 0.15) is 11.7 Å². The Labute approximate surface area is 180 Å². The molecule has 3 atom stereocenters. The fraction of sp³-hybridized carbons (Fsp3) is 0.130. The van der Waals surface area contributed by atoms with Crippen molar-refractivity contribution in [3.05, 3.63) is 94.7 Å². The van der Waals surface area contributed by atoms with Gasteiger partial charge in [0.2, 0.25) is 5.91 Å². The molecule has 2 aliphatic heterocycles. The van der Waals surface area contributed by atoms with E-state index >= 15 is 0 Å². The third-order valence-electron chi connectivity index (χ3n) is 5.40. The maximum absolute atomic E-state index is 13.4. The number of imide groups is 1. The Balaban J connectivity index is 1.59. The number of hydroxylamine groups is 1. The Kier molecular flexibility index (Phi) is 4.64. The molecule has 5 nitrogen and oxygen atoms in total. The molecule has 0 unspecified atom stereocenters. The van der Waals surface area contributed by atoms with Gasteiger partial charge in [0.05, 0.1) is 17.4 Å². The van der Waals surface area contributed by atoms with E-state index in [-0.39, 0.29) is 5.91 Å². The first kappa shape index (κ1) is 19.0. The Morgan fingerprint density at radius 2 is 1.57 bits per heavy atom. The number of benzene rings is 3. The average Bonchev–Trinajstić information content (AvgIpc) is 3.26. The lowest BCUT2D eigenvalue weighted by Gasteiger charge is -2.28. The van der Waals surface area contributed by atoms with Crippen LogP contribution in [0.25, 0.3) is 0 Å². The van der Waals surface area contributed by atoms with Gasteiger partial charge in [-0.15, -0.1) is 0 Å². The van der Waals surface area contributed by atoms with Crippen LogP contribution in [0.15, 0.2) is 83.3 Å². The van der Waals surface area contributed by atoms with Crippen molar-refractivity contribution in [3.63, 3.8) is 0 Å². The number of nitrogens with zero attached hydrogens (tertiary/aromatic N) is 2. The Hall–Kier alpha value is -3.03. The summed E-state index contributed by atoms with van der Waals surface area (Å²) in [6, 6.07) is 21.8. The van der Waals surface area contributed by atoms with E-state index < -0.39 is 29.8 Å². The van der Waals surface area contributed by atoms with Crippen LogP contribution in [-0.4, -0.2) is 17.9 Å². The largest absolute Gasteiger partial charge is 0.273 e. The van der Waals surface area contributed by atoms with Crippen LogP contribution in [0.2, 0.25) is 0 Å². The molecule has 2 heterocycles. The van der Waals surface area contributed by atoms with E-state index in [1.165, 1.54) is 24.3 Å². The first-order valence-corrected chi connectivity index (χ1v) is 10.2. The van der Waals surface area contributed by atoms with Crippen molar-refractivity contribution in [1.29, 1.82) is 0 Å². The first-order chi connectivity index (χ1) is 14.5. The van der Waals surface area contributed by atoms with E-state index in [2.05, 4.69) is 15.9 Å². The maximum atomic E-state index is 13.4. The van der Waals surface area contributed by atoms with Crippen LogP contribution in [0.1, 0.15) is 11.6 Å².